The fourth-order valence-electron chi connectivity index (χ4n) is 2.12. The van der Waals surface area contributed by atoms with Crippen LogP contribution in [-0.2, 0) is 11.3 Å². The first-order valence-electron chi connectivity index (χ1n) is 7.46. The van der Waals surface area contributed by atoms with Crippen LogP contribution in [0.2, 0.25) is 0 Å². The summed E-state index contributed by atoms with van der Waals surface area (Å²) < 4.78 is 6.16. The van der Waals surface area contributed by atoms with E-state index in [2.05, 4.69) is 10.4 Å². The molecular weight excluding hydrogens is 294 g/mol. The predicted molar refractivity (Wildman–Crippen MR) is 87.4 cm³/mol. The third-order valence-corrected chi connectivity index (χ3v) is 3.53. The van der Waals surface area contributed by atoms with Gasteiger partial charge in [-0.05, 0) is 25.5 Å². The molecule has 0 radical (unpaired) electrons. The van der Waals surface area contributed by atoms with Gasteiger partial charge in [-0.15, -0.1) is 0 Å². The summed E-state index contributed by atoms with van der Waals surface area (Å²) in [5.41, 5.74) is 2.13. The third kappa shape index (κ3) is 4.50. The van der Waals surface area contributed by atoms with Crippen molar-refractivity contribution in [3.05, 3.63) is 63.6 Å². The molecule has 0 aliphatic carbocycles. The maximum atomic E-state index is 12.3. The number of hydrogen-bond acceptors (Lipinski definition) is 4. The molecule has 2 aromatic rings. The van der Waals surface area contributed by atoms with Crippen LogP contribution in [0, 0.1) is 6.92 Å². The van der Waals surface area contributed by atoms with Gasteiger partial charge in [0, 0.05) is 13.2 Å². The lowest BCUT2D eigenvalue weighted by molar-refractivity contribution is 0.0931. The van der Waals surface area contributed by atoms with Gasteiger partial charge in [0.05, 0.1) is 19.2 Å². The minimum atomic E-state index is -0.316. The van der Waals surface area contributed by atoms with Crippen molar-refractivity contribution in [1.82, 2.24) is 15.1 Å². The molecule has 122 valence electrons. The number of carbonyl (C=O) groups is 1. The average molecular weight is 315 g/mol. The number of nitrogens with one attached hydrogen (secondary N) is 1. The van der Waals surface area contributed by atoms with Crippen LogP contribution in [0.1, 0.15) is 34.6 Å². The van der Waals surface area contributed by atoms with Crippen molar-refractivity contribution in [2.75, 3.05) is 13.7 Å². The standard InChI is InChI=1S/C17H21N3O3/c1-12-4-6-14(7-5-12)13(2)18-17(22)15-8-9-16(21)20(19-15)10-11-23-3/h4-9,13H,10-11H2,1-3H3,(H,18,22). The lowest BCUT2D eigenvalue weighted by Crippen LogP contribution is -2.31. The van der Waals surface area contributed by atoms with E-state index in [9.17, 15) is 9.59 Å². The van der Waals surface area contributed by atoms with E-state index in [1.165, 1.54) is 22.4 Å². The zero-order chi connectivity index (χ0) is 16.8. The van der Waals surface area contributed by atoms with Crippen molar-refractivity contribution in [2.45, 2.75) is 26.4 Å². The Hall–Kier alpha value is -2.47. The SMILES string of the molecule is COCCn1nc(C(=O)NC(C)c2ccc(C)cc2)ccc1=O. The first kappa shape index (κ1) is 16.9. The summed E-state index contributed by atoms with van der Waals surface area (Å²) in [5, 5.41) is 6.97. The molecule has 1 aromatic heterocycles. The van der Waals surface area contributed by atoms with E-state index in [1.54, 1.807) is 7.11 Å². The fraction of sp³-hybridized carbons (Fsp3) is 0.353. The highest BCUT2D eigenvalue weighted by atomic mass is 16.5. The van der Waals surface area contributed by atoms with Gasteiger partial charge in [-0.1, -0.05) is 29.8 Å². The number of ether oxygens (including phenoxy) is 1. The highest BCUT2D eigenvalue weighted by molar-refractivity contribution is 5.92. The van der Waals surface area contributed by atoms with Crippen LogP contribution >= 0.6 is 0 Å². The van der Waals surface area contributed by atoms with Gasteiger partial charge in [0.15, 0.2) is 0 Å². The molecule has 0 bridgehead atoms. The smallest absolute Gasteiger partial charge is 0.272 e. The highest BCUT2D eigenvalue weighted by Gasteiger charge is 2.13. The molecule has 23 heavy (non-hydrogen) atoms. The molecule has 6 heteroatoms. The maximum Gasteiger partial charge on any atom is 0.272 e. The first-order valence-corrected chi connectivity index (χ1v) is 7.46. The van der Waals surface area contributed by atoms with Gasteiger partial charge in [-0.2, -0.15) is 5.10 Å². The molecule has 1 atom stereocenters. The lowest BCUT2D eigenvalue weighted by atomic mass is 10.1. The number of aryl methyl sites for hydroxylation is 1. The summed E-state index contributed by atoms with van der Waals surface area (Å²) in [6, 6.07) is 10.6. The lowest BCUT2D eigenvalue weighted by Gasteiger charge is -2.14. The predicted octanol–water partition coefficient (Wildman–Crippen LogP) is 1.69. The second-order valence-electron chi connectivity index (χ2n) is 5.38. The fourth-order valence-corrected chi connectivity index (χ4v) is 2.12. The summed E-state index contributed by atoms with van der Waals surface area (Å²) in [4.78, 5) is 24.0. The molecular formula is C17H21N3O3. The topological polar surface area (TPSA) is 73.2 Å². The second kappa shape index (κ2) is 7.69. The molecule has 0 aliphatic rings. The van der Waals surface area contributed by atoms with Crippen molar-refractivity contribution in [2.24, 2.45) is 0 Å². The largest absolute Gasteiger partial charge is 0.383 e. The number of amides is 1. The second-order valence-corrected chi connectivity index (χ2v) is 5.38. The van der Waals surface area contributed by atoms with Gasteiger partial charge in [-0.3, -0.25) is 9.59 Å². The van der Waals surface area contributed by atoms with Crippen molar-refractivity contribution in [3.8, 4) is 0 Å². The Labute approximate surface area is 135 Å². The quantitative estimate of drug-likeness (QED) is 0.880. The van der Waals surface area contributed by atoms with Crippen LogP contribution < -0.4 is 10.9 Å². The summed E-state index contributed by atoms with van der Waals surface area (Å²) in [6.45, 7) is 4.59. The van der Waals surface area contributed by atoms with E-state index in [4.69, 9.17) is 4.74 Å². The zero-order valence-electron chi connectivity index (χ0n) is 13.6. The maximum absolute atomic E-state index is 12.3. The van der Waals surface area contributed by atoms with Gasteiger partial charge in [0.1, 0.15) is 5.69 Å². The van der Waals surface area contributed by atoms with Crippen LogP contribution in [0.4, 0.5) is 0 Å². The zero-order valence-corrected chi connectivity index (χ0v) is 13.6. The van der Waals surface area contributed by atoms with E-state index >= 15 is 0 Å². The van der Waals surface area contributed by atoms with Crippen LogP contribution in [-0.4, -0.2) is 29.4 Å². The van der Waals surface area contributed by atoms with Crippen molar-refractivity contribution < 1.29 is 9.53 Å². The molecule has 0 saturated heterocycles. The van der Waals surface area contributed by atoms with Crippen molar-refractivity contribution in [1.29, 1.82) is 0 Å². The number of rotatable bonds is 6. The van der Waals surface area contributed by atoms with E-state index < -0.39 is 0 Å². The van der Waals surface area contributed by atoms with Gasteiger partial charge < -0.3 is 10.1 Å². The van der Waals surface area contributed by atoms with Crippen LogP contribution in [0.15, 0.2) is 41.2 Å². The van der Waals surface area contributed by atoms with E-state index in [0.717, 1.165) is 5.56 Å². The Morgan fingerprint density at radius 2 is 1.96 bits per heavy atom. The van der Waals surface area contributed by atoms with E-state index in [0.29, 0.717) is 13.2 Å². The van der Waals surface area contributed by atoms with Gasteiger partial charge in [-0.25, -0.2) is 4.68 Å². The molecule has 0 aliphatic heterocycles. The minimum Gasteiger partial charge on any atom is -0.383 e. The molecule has 2 rings (SSSR count). The number of methoxy groups -OCH3 is 1. The summed E-state index contributed by atoms with van der Waals surface area (Å²) >= 11 is 0. The highest BCUT2D eigenvalue weighted by Crippen LogP contribution is 2.13. The Kier molecular flexibility index (Phi) is 5.65. The molecule has 1 aromatic carbocycles. The average Bonchev–Trinajstić information content (AvgIpc) is 2.54. The van der Waals surface area contributed by atoms with E-state index in [1.807, 2.05) is 38.1 Å². The number of aromatic nitrogens is 2. The van der Waals surface area contributed by atoms with Crippen molar-refractivity contribution in [3.63, 3.8) is 0 Å². The Bertz CT molecular complexity index is 723. The van der Waals surface area contributed by atoms with Gasteiger partial charge in [0.25, 0.3) is 11.5 Å². The number of hydrogen-bond donors (Lipinski definition) is 1. The van der Waals surface area contributed by atoms with Gasteiger partial charge >= 0.3 is 0 Å². The summed E-state index contributed by atoms with van der Waals surface area (Å²) in [5.74, 6) is -0.316. The molecule has 1 heterocycles. The Balaban J connectivity index is 2.10. The van der Waals surface area contributed by atoms with Gasteiger partial charge in [0.2, 0.25) is 0 Å². The number of carbonyl (C=O) groups excluding carboxylic acids is 1. The molecule has 0 spiro atoms. The summed E-state index contributed by atoms with van der Waals surface area (Å²) in [7, 11) is 1.55. The minimum absolute atomic E-state index is 0.149. The molecule has 1 unspecified atom stereocenters. The van der Waals surface area contributed by atoms with Crippen LogP contribution in [0.5, 0.6) is 0 Å². The molecule has 6 nitrogen and oxygen atoms in total. The molecule has 1 amide bonds. The third-order valence-electron chi connectivity index (χ3n) is 3.53. The first-order chi connectivity index (χ1) is 11.0. The summed E-state index contributed by atoms with van der Waals surface area (Å²) in [6.07, 6.45) is 0. The van der Waals surface area contributed by atoms with Crippen molar-refractivity contribution >= 4 is 5.91 Å². The molecule has 1 N–H and O–H groups in total. The Morgan fingerprint density at radius 1 is 1.26 bits per heavy atom. The number of benzene rings is 1. The monoisotopic (exact) mass is 315 g/mol. The van der Waals surface area contributed by atoms with Crippen LogP contribution in [0.3, 0.4) is 0 Å². The van der Waals surface area contributed by atoms with Crippen LogP contribution in [0.25, 0.3) is 0 Å². The Morgan fingerprint density at radius 3 is 2.61 bits per heavy atom. The normalized spacial score (nSPS) is 12.0. The molecule has 0 fully saturated rings. The van der Waals surface area contributed by atoms with E-state index in [-0.39, 0.29) is 23.2 Å². The molecule has 0 saturated carbocycles. The number of nitrogens with zero attached hydrogens (tertiary/aromatic N) is 2.